The van der Waals surface area contributed by atoms with Gasteiger partial charge in [-0.05, 0) is 47.7 Å². The first-order valence-electron chi connectivity index (χ1n) is 7.84. The Morgan fingerprint density at radius 1 is 1.33 bits per heavy atom. The number of halogens is 2. The maximum Gasteiger partial charge on any atom is 0.237 e. The number of nitrogens with zero attached hydrogens (tertiary/aromatic N) is 4. The van der Waals surface area contributed by atoms with E-state index >= 15 is 0 Å². The molecule has 0 aliphatic carbocycles. The normalized spacial score (nSPS) is 11.9. The van der Waals surface area contributed by atoms with E-state index in [-0.39, 0.29) is 10.9 Å². The lowest BCUT2D eigenvalue weighted by atomic mass is 10.3. The number of aromatic nitrogens is 4. The lowest BCUT2D eigenvalue weighted by Crippen LogP contribution is -2.23. The van der Waals surface area contributed by atoms with E-state index in [1.807, 2.05) is 18.2 Å². The molecule has 10 heteroatoms. The van der Waals surface area contributed by atoms with Gasteiger partial charge in [0, 0.05) is 0 Å². The molecule has 0 saturated heterocycles. The lowest BCUT2D eigenvalue weighted by Gasteiger charge is -2.13. The Bertz CT molecular complexity index is 968. The van der Waals surface area contributed by atoms with Gasteiger partial charge in [0.2, 0.25) is 11.1 Å². The van der Waals surface area contributed by atoms with Crippen LogP contribution in [0.1, 0.15) is 6.92 Å². The van der Waals surface area contributed by atoms with Gasteiger partial charge in [0.25, 0.3) is 0 Å². The average Bonchev–Trinajstić information content (AvgIpc) is 3.11. The second-order valence-electron chi connectivity index (χ2n) is 5.42. The van der Waals surface area contributed by atoms with Crippen LogP contribution in [-0.2, 0) is 4.79 Å². The van der Waals surface area contributed by atoms with E-state index in [1.165, 1.54) is 28.6 Å². The number of carbonyl (C=O) groups excluding carboxylic acids is 1. The second kappa shape index (κ2) is 8.36. The number of rotatable bonds is 6. The van der Waals surface area contributed by atoms with Crippen LogP contribution < -0.4 is 10.1 Å². The number of carbonyl (C=O) groups is 1. The number of hydrogen-bond acceptors (Lipinski definition) is 6. The minimum absolute atomic E-state index is 0.124. The van der Waals surface area contributed by atoms with Crippen molar-refractivity contribution in [3.05, 3.63) is 53.3 Å². The van der Waals surface area contributed by atoms with Crippen molar-refractivity contribution in [3.63, 3.8) is 0 Å². The Kier molecular flexibility index (Phi) is 5.92. The number of anilines is 1. The molecule has 1 unspecified atom stereocenters. The zero-order chi connectivity index (χ0) is 19.4. The predicted octanol–water partition coefficient (Wildman–Crippen LogP) is 3.58. The van der Waals surface area contributed by atoms with Crippen molar-refractivity contribution < 1.29 is 13.9 Å². The molecule has 1 N–H and O–H groups in total. The number of methoxy groups -OCH3 is 1. The number of nitrogens with one attached hydrogen (secondary N) is 1. The molecular weight excluding hydrogens is 393 g/mol. The summed E-state index contributed by atoms with van der Waals surface area (Å²) < 4.78 is 20.0. The predicted molar refractivity (Wildman–Crippen MR) is 101 cm³/mol. The van der Waals surface area contributed by atoms with Crippen molar-refractivity contribution in [2.45, 2.75) is 17.3 Å². The third-order valence-corrected chi connectivity index (χ3v) is 4.94. The molecule has 0 aliphatic heterocycles. The molecule has 0 radical (unpaired) electrons. The number of thioether (sulfide) groups is 1. The molecule has 0 spiro atoms. The van der Waals surface area contributed by atoms with Gasteiger partial charge in [-0.15, -0.1) is 5.10 Å². The van der Waals surface area contributed by atoms with Crippen molar-refractivity contribution in [1.82, 2.24) is 20.2 Å². The van der Waals surface area contributed by atoms with Crippen LogP contribution in [0, 0.1) is 5.82 Å². The van der Waals surface area contributed by atoms with Gasteiger partial charge >= 0.3 is 0 Å². The monoisotopic (exact) mass is 407 g/mol. The van der Waals surface area contributed by atoms with Gasteiger partial charge in [-0.3, -0.25) is 4.79 Å². The quantitative estimate of drug-likeness (QED) is 0.629. The molecule has 27 heavy (non-hydrogen) atoms. The minimum Gasteiger partial charge on any atom is -0.494 e. The summed E-state index contributed by atoms with van der Waals surface area (Å²) in [5.41, 5.74) is 0.988. The van der Waals surface area contributed by atoms with Crippen LogP contribution in [0.4, 0.5) is 10.1 Å². The molecule has 7 nitrogen and oxygen atoms in total. The summed E-state index contributed by atoms with van der Waals surface area (Å²) in [6.07, 6.45) is 0. The third kappa shape index (κ3) is 4.37. The SMILES string of the molecule is COc1ccccc1-n1nnnc1SC(C)C(=O)Nc1ccc(F)cc1Cl. The fourth-order valence-corrected chi connectivity index (χ4v) is 3.26. The van der Waals surface area contributed by atoms with E-state index in [1.54, 1.807) is 20.1 Å². The molecule has 1 amide bonds. The van der Waals surface area contributed by atoms with Crippen molar-refractivity contribution in [1.29, 1.82) is 0 Å². The molecule has 0 aliphatic rings. The summed E-state index contributed by atoms with van der Waals surface area (Å²) in [4.78, 5) is 12.5. The Balaban J connectivity index is 1.76. The van der Waals surface area contributed by atoms with Gasteiger partial charge in [-0.25, -0.2) is 4.39 Å². The van der Waals surface area contributed by atoms with E-state index < -0.39 is 11.1 Å². The smallest absolute Gasteiger partial charge is 0.237 e. The Labute approximate surface area is 163 Å². The summed E-state index contributed by atoms with van der Waals surface area (Å²) in [5, 5.41) is 14.3. The Hall–Kier alpha value is -2.65. The summed E-state index contributed by atoms with van der Waals surface area (Å²) in [7, 11) is 1.55. The van der Waals surface area contributed by atoms with Crippen molar-refractivity contribution in [2.75, 3.05) is 12.4 Å². The van der Waals surface area contributed by atoms with Gasteiger partial charge in [-0.2, -0.15) is 4.68 Å². The van der Waals surface area contributed by atoms with Gasteiger partial charge < -0.3 is 10.1 Å². The van der Waals surface area contributed by atoms with Crippen molar-refractivity contribution in [3.8, 4) is 11.4 Å². The summed E-state index contributed by atoms with van der Waals surface area (Å²) in [5.74, 6) is -0.193. The maximum atomic E-state index is 13.1. The van der Waals surface area contributed by atoms with Gasteiger partial charge in [-0.1, -0.05) is 35.5 Å². The fourth-order valence-electron chi connectivity index (χ4n) is 2.25. The molecule has 2 aromatic carbocycles. The molecule has 0 bridgehead atoms. The van der Waals surface area contributed by atoms with Crippen LogP contribution in [0.2, 0.25) is 5.02 Å². The Morgan fingerprint density at radius 3 is 2.85 bits per heavy atom. The summed E-state index contributed by atoms with van der Waals surface area (Å²) in [6, 6.07) is 11.0. The largest absolute Gasteiger partial charge is 0.494 e. The number of benzene rings is 2. The van der Waals surface area contributed by atoms with E-state index in [9.17, 15) is 9.18 Å². The van der Waals surface area contributed by atoms with E-state index in [2.05, 4.69) is 20.8 Å². The first-order chi connectivity index (χ1) is 13.0. The highest BCUT2D eigenvalue weighted by atomic mass is 35.5. The van der Waals surface area contributed by atoms with E-state index in [0.717, 1.165) is 6.07 Å². The molecule has 3 rings (SSSR count). The topological polar surface area (TPSA) is 81.9 Å². The van der Waals surface area contributed by atoms with Gasteiger partial charge in [0.1, 0.15) is 17.3 Å². The van der Waals surface area contributed by atoms with Gasteiger partial charge in [0.05, 0.1) is 23.1 Å². The van der Waals surface area contributed by atoms with Crippen LogP contribution >= 0.6 is 23.4 Å². The van der Waals surface area contributed by atoms with Crippen LogP contribution in [0.5, 0.6) is 5.75 Å². The highest BCUT2D eigenvalue weighted by Gasteiger charge is 2.21. The molecule has 3 aromatic rings. The van der Waals surface area contributed by atoms with Crippen LogP contribution in [0.3, 0.4) is 0 Å². The zero-order valence-corrected chi connectivity index (χ0v) is 16.0. The molecule has 0 saturated carbocycles. The van der Waals surface area contributed by atoms with Crippen LogP contribution in [-0.4, -0.2) is 38.5 Å². The highest BCUT2D eigenvalue weighted by molar-refractivity contribution is 8.00. The number of amides is 1. The van der Waals surface area contributed by atoms with Crippen LogP contribution in [0.15, 0.2) is 47.6 Å². The molecule has 1 heterocycles. The molecule has 1 atom stereocenters. The Morgan fingerprint density at radius 2 is 2.11 bits per heavy atom. The standard InChI is InChI=1S/C17H15ClFN5O2S/c1-10(16(25)20-13-8-7-11(19)9-12(13)18)27-17-21-22-23-24(17)14-5-3-4-6-15(14)26-2/h3-10H,1-2H3,(H,20,25). The third-order valence-electron chi connectivity index (χ3n) is 3.59. The first kappa shape index (κ1) is 19.1. The number of para-hydroxylation sites is 2. The van der Waals surface area contributed by atoms with Crippen molar-refractivity contribution >= 4 is 35.0 Å². The average molecular weight is 408 g/mol. The van der Waals surface area contributed by atoms with E-state index in [4.69, 9.17) is 16.3 Å². The minimum atomic E-state index is -0.537. The molecular formula is C17H15ClFN5O2S. The number of tetrazole rings is 1. The van der Waals surface area contributed by atoms with Crippen molar-refractivity contribution in [2.24, 2.45) is 0 Å². The zero-order valence-electron chi connectivity index (χ0n) is 14.4. The maximum absolute atomic E-state index is 13.1. The second-order valence-corrected chi connectivity index (χ2v) is 7.13. The molecule has 140 valence electrons. The molecule has 0 fully saturated rings. The number of hydrogen-bond donors (Lipinski definition) is 1. The summed E-state index contributed by atoms with van der Waals surface area (Å²) in [6.45, 7) is 1.71. The molecule has 1 aromatic heterocycles. The lowest BCUT2D eigenvalue weighted by molar-refractivity contribution is -0.115. The fraction of sp³-hybridized carbons (Fsp3) is 0.176. The first-order valence-corrected chi connectivity index (χ1v) is 9.09. The number of ether oxygens (including phenoxy) is 1. The van der Waals surface area contributed by atoms with Crippen LogP contribution in [0.25, 0.3) is 5.69 Å². The van der Waals surface area contributed by atoms with E-state index in [0.29, 0.717) is 22.3 Å². The van der Waals surface area contributed by atoms with Gasteiger partial charge in [0.15, 0.2) is 0 Å². The summed E-state index contributed by atoms with van der Waals surface area (Å²) >= 11 is 7.12. The highest BCUT2D eigenvalue weighted by Crippen LogP contribution is 2.29.